The Morgan fingerprint density at radius 2 is 1.84 bits per heavy atom. The smallest absolute Gasteiger partial charge is 0.137 e. The van der Waals surface area contributed by atoms with Gasteiger partial charge in [-0.15, -0.1) is 0 Å². The van der Waals surface area contributed by atoms with E-state index in [1.807, 2.05) is 30.3 Å². The molecule has 3 N–H and O–H groups in total. The Balaban J connectivity index is 2.10. The zero-order chi connectivity index (χ0) is 13.8. The van der Waals surface area contributed by atoms with Gasteiger partial charge in [0.1, 0.15) is 5.82 Å². The molecule has 0 radical (unpaired) electrons. The lowest BCUT2D eigenvalue weighted by Gasteiger charge is -2.19. The van der Waals surface area contributed by atoms with Crippen molar-refractivity contribution in [3.8, 4) is 0 Å². The highest BCUT2D eigenvalue weighted by atomic mass is 79.9. The monoisotopic (exact) mass is 323 g/mol. The first kappa shape index (κ1) is 14.2. The van der Waals surface area contributed by atoms with Crippen molar-refractivity contribution in [2.45, 2.75) is 18.6 Å². The quantitative estimate of drug-likeness (QED) is 0.907. The van der Waals surface area contributed by atoms with Crippen LogP contribution in [0.2, 0.25) is 0 Å². The van der Waals surface area contributed by atoms with Crippen molar-refractivity contribution in [3.63, 3.8) is 0 Å². The highest BCUT2D eigenvalue weighted by molar-refractivity contribution is 9.10. The minimum atomic E-state index is -0.747. The number of aliphatic hydroxyl groups excluding tert-OH is 1. The van der Waals surface area contributed by atoms with Gasteiger partial charge in [0.15, 0.2) is 0 Å². The lowest BCUT2D eigenvalue weighted by Crippen LogP contribution is -2.28. The van der Waals surface area contributed by atoms with E-state index in [9.17, 15) is 9.50 Å². The maximum Gasteiger partial charge on any atom is 0.137 e. The van der Waals surface area contributed by atoms with Crippen molar-refractivity contribution in [1.29, 1.82) is 0 Å². The Morgan fingerprint density at radius 3 is 2.47 bits per heavy atom. The normalized spacial score (nSPS) is 14.1. The predicted molar refractivity (Wildman–Crippen MR) is 77.2 cm³/mol. The van der Waals surface area contributed by atoms with Crippen LogP contribution < -0.4 is 5.73 Å². The number of hydrogen-bond donors (Lipinski definition) is 2. The molecule has 0 fully saturated rings. The van der Waals surface area contributed by atoms with Gasteiger partial charge in [0, 0.05) is 6.42 Å². The van der Waals surface area contributed by atoms with Crippen molar-refractivity contribution < 1.29 is 9.50 Å². The molecule has 0 spiro atoms. The maximum absolute atomic E-state index is 13.4. The van der Waals surface area contributed by atoms with Crippen molar-refractivity contribution in [1.82, 2.24) is 0 Å². The Bertz CT molecular complexity index is 547. The van der Waals surface area contributed by atoms with E-state index in [4.69, 9.17) is 5.73 Å². The van der Waals surface area contributed by atoms with Crippen molar-refractivity contribution in [2.75, 3.05) is 0 Å². The highest BCUT2D eigenvalue weighted by Gasteiger charge is 2.18. The van der Waals surface area contributed by atoms with Gasteiger partial charge in [0.05, 0.1) is 16.6 Å². The third-order valence-electron chi connectivity index (χ3n) is 3.03. The van der Waals surface area contributed by atoms with E-state index >= 15 is 0 Å². The van der Waals surface area contributed by atoms with Gasteiger partial charge in [-0.1, -0.05) is 36.4 Å². The van der Waals surface area contributed by atoms with Gasteiger partial charge in [-0.2, -0.15) is 0 Å². The largest absolute Gasteiger partial charge is 0.391 e. The lowest BCUT2D eigenvalue weighted by molar-refractivity contribution is 0.145. The average Bonchev–Trinajstić information content (AvgIpc) is 2.42. The van der Waals surface area contributed by atoms with Crippen LogP contribution in [-0.2, 0) is 6.42 Å². The molecule has 0 aliphatic heterocycles. The molecule has 0 amide bonds. The lowest BCUT2D eigenvalue weighted by atomic mass is 9.97. The summed E-state index contributed by atoms with van der Waals surface area (Å²) in [6, 6.07) is 13.6. The minimum Gasteiger partial charge on any atom is -0.391 e. The number of benzene rings is 2. The third kappa shape index (κ3) is 3.62. The summed E-state index contributed by atoms with van der Waals surface area (Å²) in [5.41, 5.74) is 7.56. The summed E-state index contributed by atoms with van der Waals surface area (Å²) in [7, 11) is 0. The zero-order valence-corrected chi connectivity index (χ0v) is 11.8. The summed E-state index contributed by atoms with van der Waals surface area (Å²) >= 11 is 3.09. The van der Waals surface area contributed by atoms with Crippen molar-refractivity contribution in [2.24, 2.45) is 5.73 Å². The molecule has 0 aromatic heterocycles. The van der Waals surface area contributed by atoms with E-state index in [1.54, 1.807) is 12.1 Å². The summed E-state index contributed by atoms with van der Waals surface area (Å²) in [6.45, 7) is 0. The molecule has 0 aliphatic rings. The second kappa shape index (κ2) is 6.28. The average molecular weight is 324 g/mol. The number of hydrogen-bond acceptors (Lipinski definition) is 2. The number of halogens is 2. The first-order valence-corrected chi connectivity index (χ1v) is 6.80. The van der Waals surface area contributed by atoms with Crippen LogP contribution in [-0.4, -0.2) is 11.2 Å². The van der Waals surface area contributed by atoms with Crippen molar-refractivity contribution in [3.05, 3.63) is 69.9 Å². The van der Waals surface area contributed by atoms with Crippen LogP contribution in [0.4, 0.5) is 4.39 Å². The van der Waals surface area contributed by atoms with Crippen LogP contribution in [0.3, 0.4) is 0 Å². The van der Waals surface area contributed by atoms with E-state index < -0.39 is 12.1 Å². The second-order valence-electron chi connectivity index (χ2n) is 4.46. The van der Waals surface area contributed by atoms with Gasteiger partial charge in [0.25, 0.3) is 0 Å². The molecule has 100 valence electrons. The number of nitrogens with two attached hydrogens (primary N) is 1. The van der Waals surface area contributed by atoms with E-state index in [0.717, 1.165) is 5.56 Å². The van der Waals surface area contributed by atoms with Gasteiger partial charge in [-0.3, -0.25) is 0 Å². The molecule has 0 saturated heterocycles. The van der Waals surface area contributed by atoms with Crippen LogP contribution in [0.15, 0.2) is 53.0 Å². The highest BCUT2D eigenvalue weighted by Crippen LogP contribution is 2.22. The fourth-order valence-corrected chi connectivity index (χ4v) is 2.17. The molecule has 0 unspecified atom stereocenters. The van der Waals surface area contributed by atoms with E-state index in [2.05, 4.69) is 15.9 Å². The summed E-state index contributed by atoms with van der Waals surface area (Å²) < 4.78 is 13.8. The van der Waals surface area contributed by atoms with Gasteiger partial charge < -0.3 is 10.8 Å². The Labute approximate surface area is 120 Å². The van der Waals surface area contributed by atoms with E-state index in [0.29, 0.717) is 16.5 Å². The van der Waals surface area contributed by atoms with Crippen LogP contribution in [0.25, 0.3) is 0 Å². The topological polar surface area (TPSA) is 46.2 Å². The minimum absolute atomic E-state index is 0.375. The molecule has 0 aliphatic carbocycles. The summed E-state index contributed by atoms with van der Waals surface area (Å²) in [5, 5.41) is 10.1. The molecule has 4 heteroatoms. The summed E-state index contributed by atoms with van der Waals surface area (Å²) in [5.74, 6) is -0.375. The van der Waals surface area contributed by atoms with Crippen LogP contribution in [0, 0.1) is 5.82 Å². The molecular weight excluding hydrogens is 309 g/mol. The Kier molecular flexibility index (Phi) is 4.69. The fraction of sp³-hybridized carbons (Fsp3) is 0.200. The fourth-order valence-electron chi connectivity index (χ4n) is 1.92. The first-order valence-electron chi connectivity index (χ1n) is 6.00. The van der Waals surface area contributed by atoms with E-state index in [-0.39, 0.29) is 5.82 Å². The molecule has 2 nitrogen and oxygen atoms in total. The standard InChI is InChI=1S/C15H15BrFNO/c16-12-7-6-11(9-13(12)17)15(18)14(19)8-10-4-2-1-3-5-10/h1-7,9,14-15,19H,8,18H2/t14-,15+/m1/s1. The van der Waals surface area contributed by atoms with Crippen LogP contribution in [0.1, 0.15) is 17.2 Å². The molecule has 0 bridgehead atoms. The summed E-state index contributed by atoms with van der Waals surface area (Å²) in [4.78, 5) is 0. The number of rotatable bonds is 4. The third-order valence-corrected chi connectivity index (χ3v) is 3.67. The SMILES string of the molecule is N[C@@H](c1ccc(Br)c(F)c1)[C@H](O)Cc1ccccc1. The molecule has 2 atom stereocenters. The van der Waals surface area contributed by atoms with E-state index in [1.165, 1.54) is 6.07 Å². The summed E-state index contributed by atoms with van der Waals surface area (Å²) in [6.07, 6.45) is -0.303. The molecule has 0 heterocycles. The van der Waals surface area contributed by atoms with Gasteiger partial charge >= 0.3 is 0 Å². The van der Waals surface area contributed by atoms with Crippen LogP contribution >= 0.6 is 15.9 Å². The zero-order valence-electron chi connectivity index (χ0n) is 10.3. The molecule has 19 heavy (non-hydrogen) atoms. The Morgan fingerprint density at radius 1 is 1.16 bits per heavy atom. The first-order chi connectivity index (χ1) is 9.08. The second-order valence-corrected chi connectivity index (χ2v) is 5.31. The van der Waals surface area contributed by atoms with Crippen molar-refractivity contribution >= 4 is 15.9 Å². The van der Waals surface area contributed by atoms with Gasteiger partial charge in [-0.05, 0) is 39.2 Å². The predicted octanol–water partition coefficient (Wildman–Crippen LogP) is 3.19. The molecular formula is C15H15BrFNO. The molecule has 0 saturated carbocycles. The number of aliphatic hydroxyl groups is 1. The molecule has 2 aromatic carbocycles. The van der Waals surface area contributed by atoms with Gasteiger partial charge in [-0.25, -0.2) is 4.39 Å². The van der Waals surface area contributed by atoms with Crippen LogP contribution in [0.5, 0.6) is 0 Å². The van der Waals surface area contributed by atoms with Gasteiger partial charge in [0.2, 0.25) is 0 Å². The molecule has 2 aromatic rings. The maximum atomic E-state index is 13.4. The molecule has 2 rings (SSSR count). The Hall–Kier alpha value is -1.23.